The minimum Gasteiger partial charge on any atom is -0.453 e. The van der Waals surface area contributed by atoms with Crippen molar-refractivity contribution in [1.29, 1.82) is 0 Å². The summed E-state index contributed by atoms with van der Waals surface area (Å²) in [6.07, 6.45) is 4.52. The van der Waals surface area contributed by atoms with Gasteiger partial charge in [0.15, 0.2) is 6.39 Å². The zero-order valence-corrected chi connectivity index (χ0v) is 5.11. The van der Waals surface area contributed by atoms with Gasteiger partial charge in [-0.3, -0.25) is 0 Å². The Labute approximate surface area is 57.0 Å². The fraction of sp³-hybridized carbons (Fsp3) is 0. The maximum atomic E-state index is 5.46. The van der Waals surface area contributed by atoms with Crippen LogP contribution < -0.4 is 5.73 Å². The Hall–Kier alpha value is -1.58. The van der Waals surface area contributed by atoms with Gasteiger partial charge in [0, 0.05) is 6.20 Å². The summed E-state index contributed by atoms with van der Waals surface area (Å²) in [5.74, 6) is 0.450. The molecule has 0 amide bonds. The third kappa shape index (κ3) is 0.556. The summed E-state index contributed by atoms with van der Waals surface area (Å²) >= 11 is 0. The van der Waals surface area contributed by atoms with Crippen LogP contribution in [0.4, 0.5) is 5.82 Å². The van der Waals surface area contributed by atoms with Gasteiger partial charge in [0.1, 0.15) is 17.8 Å². The summed E-state index contributed by atoms with van der Waals surface area (Å²) in [7, 11) is 0. The number of nitrogen functional groups attached to an aromatic ring is 1. The molecule has 2 rings (SSSR count). The van der Waals surface area contributed by atoms with Gasteiger partial charge in [0.2, 0.25) is 0 Å². The lowest BCUT2D eigenvalue weighted by atomic mass is 10.3. The topological polar surface area (TPSA) is 64.9 Å². The first-order chi connectivity index (χ1) is 4.88. The molecule has 2 aliphatic rings. The molecule has 2 aliphatic heterocycles. The van der Waals surface area contributed by atoms with Gasteiger partial charge in [-0.1, -0.05) is 0 Å². The number of aromatic nitrogens is 2. The fourth-order valence-electron chi connectivity index (χ4n) is 0.823. The molecule has 0 fully saturated rings. The highest BCUT2D eigenvalue weighted by molar-refractivity contribution is 5.70. The molecule has 0 atom stereocenters. The monoisotopic (exact) mass is 135 g/mol. The number of rotatable bonds is 0. The van der Waals surface area contributed by atoms with Gasteiger partial charge in [-0.05, 0) is 0 Å². The van der Waals surface area contributed by atoms with Crippen molar-refractivity contribution in [2.45, 2.75) is 0 Å². The summed E-state index contributed by atoms with van der Waals surface area (Å²) in [5, 5.41) is 0. The average molecular weight is 135 g/mol. The molecule has 2 heterocycles. The van der Waals surface area contributed by atoms with Crippen molar-refractivity contribution < 1.29 is 4.42 Å². The molecule has 0 aromatic rings. The van der Waals surface area contributed by atoms with E-state index in [1.54, 1.807) is 12.5 Å². The second kappa shape index (κ2) is 1.70. The van der Waals surface area contributed by atoms with Gasteiger partial charge >= 0.3 is 0 Å². The summed E-state index contributed by atoms with van der Waals surface area (Å²) in [6.45, 7) is 0. The number of hydrogen-bond acceptors (Lipinski definition) is 4. The van der Waals surface area contributed by atoms with E-state index < -0.39 is 0 Å². The zero-order valence-electron chi connectivity index (χ0n) is 5.11. The highest BCUT2D eigenvalue weighted by atomic mass is 16.3. The van der Waals surface area contributed by atoms with Crippen LogP contribution in [0, 0.1) is 0 Å². The molecule has 0 aliphatic carbocycles. The molecule has 0 saturated heterocycles. The molecule has 0 spiro atoms. The third-order valence-electron chi connectivity index (χ3n) is 1.30. The lowest BCUT2D eigenvalue weighted by Crippen LogP contribution is -1.87. The molecule has 50 valence electrons. The van der Waals surface area contributed by atoms with Crippen molar-refractivity contribution >= 4 is 5.82 Å². The summed E-state index contributed by atoms with van der Waals surface area (Å²) in [4.78, 5) is 7.74. The molecule has 4 nitrogen and oxygen atoms in total. The summed E-state index contributed by atoms with van der Waals surface area (Å²) < 4.78 is 4.80. The second-order valence-corrected chi connectivity index (χ2v) is 1.94. The van der Waals surface area contributed by atoms with Gasteiger partial charge in [0.25, 0.3) is 0 Å². The first-order valence-corrected chi connectivity index (χ1v) is 2.80. The van der Waals surface area contributed by atoms with Crippen LogP contribution in [0.1, 0.15) is 0 Å². The van der Waals surface area contributed by atoms with Crippen LogP contribution in [0.3, 0.4) is 0 Å². The van der Waals surface area contributed by atoms with Crippen molar-refractivity contribution in [2.75, 3.05) is 5.73 Å². The van der Waals surface area contributed by atoms with Crippen LogP contribution in [-0.4, -0.2) is 9.97 Å². The van der Waals surface area contributed by atoms with Crippen LogP contribution >= 0.6 is 0 Å². The summed E-state index contributed by atoms with van der Waals surface area (Å²) in [5.41, 5.74) is 6.99. The smallest absolute Gasteiger partial charge is 0.180 e. The molecule has 0 aromatic heterocycles. The Morgan fingerprint density at radius 3 is 3.10 bits per heavy atom. The maximum absolute atomic E-state index is 5.46. The van der Waals surface area contributed by atoms with E-state index in [4.69, 9.17) is 10.2 Å². The molecular weight excluding hydrogens is 130 g/mol. The van der Waals surface area contributed by atoms with E-state index in [9.17, 15) is 0 Å². The SMILES string of the molecule is Nc1ncc2cocnc1-2. The summed E-state index contributed by atoms with van der Waals surface area (Å²) in [6, 6.07) is 0. The molecular formula is C6H5N3O. The molecule has 2 N–H and O–H groups in total. The van der Waals surface area contributed by atoms with Crippen molar-refractivity contribution in [3.63, 3.8) is 0 Å². The lowest BCUT2D eigenvalue weighted by molar-refractivity contribution is 0.530. The lowest BCUT2D eigenvalue weighted by Gasteiger charge is -1.92. The molecule has 0 saturated carbocycles. The minimum atomic E-state index is 0.450. The Morgan fingerprint density at radius 1 is 1.40 bits per heavy atom. The Balaban J connectivity index is 2.78. The van der Waals surface area contributed by atoms with Crippen LogP contribution in [0.15, 0.2) is 23.3 Å². The highest BCUT2D eigenvalue weighted by Crippen LogP contribution is 2.23. The predicted octanol–water partition coefficient (Wildman–Crippen LogP) is 0.757. The Morgan fingerprint density at radius 2 is 2.30 bits per heavy atom. The van der Waals surface area contributed by atoms with Crippen molar-refractivity contribution in [2.24, 2.45) is 0 Å². The first-order valence-electron chi connectivity index (χ1n) is 2.80. The van der Waals surface area contributed by atoms with E-state index in [1.165, 1.54) is 6.39 Å². The van der Waals surface area contributed by atoms with Gasteiger partial charge < -0.3 is 10.2 Å². The van der Waals surface area contributed by atoms with E-state index >= 15 is 0 Å². The van der Waals surface area contributed by atoms with E-state index in [0.717, 1.165) is 5.56 Å². The molecule has 0 aromatic carbocycles. The molecule has 4 heteroatoms. The fourth-order valence-corrected chi connectivity index (χ4v) is 0.823. The number of fused-ring (bicyclic) bond motifs is 1. The first kappa shape index (κ1) is 5.22. The predicted molar refractivity (Wildman–Crippen MR) is 35.3 cm³/mol. The minimum absolute atomic E-state index is 0.450. The molecule has 0 radical (unpaired) electrons. The standard InChI is InChI=1S/C6H5N3O/c7-6-5-4(1-8-6)2-10-3-9-5/h1-3H,7H2. The van der Waals surface area contributed by atoms with Crippen molar-refractivity contribution in [1.82, 2.24) is 9.97 Å². The molecule has 0 unspecified atom stereocenters. The zero-order chi connectivity index (χ0) is 6.97. The van der Waals surface area contributed by atoms with E-state index in [-0.39, 0.29) is 0 Å². The van der Waals surface area contributed by atoms with Crippen molar-refractivity contribution in [3.8, 4) is 11.3 Å². The van der Waals surface area contributed by atoms with E-state index in [0.29, 0.717) is 11.5 Å². The van der Waals surface area contributed by atoms with Crippen molar-refractivity contribution in [3.05, 3.63) is 18.9 Å². The largest absolute Gasteiger partial charge is 0.453 e. The van der Waals surface area contributed by atoms with Gasteiger partial charge in [-0.2, -0.15) is 0 Å². The number of nitrogens with zero attached hydrogens (tertiary/aromatic N) is 2. The highest BCUT2D eigenvalue weighted by Gasteiger charge is 2.08. The third-order valence-corrected chi connectivity index (χ3v) is 1.30. The Bertz CT molecular complexity index is 317. The van der Waals surface area contributed by atoms with Gasteiger partial charge in [-0.15, -0.1) is 0 Å². The van der Waals surface area contributed by atoms with E-state index in [2.05, 4.69) is 9.97 Å². The van der Waals surface area contributed by atoms with Gasteiger partial charge in [-0.25, -0.2) is 9.97 Å². The van der Waals surface area contributed by atoms with Crippen LogP contribution in [0.5, 0.6) is 0 Å². The van der Waals surface area contributed by atoms with Crippen LogP contribution in [0.25, 0.3) is 11.3 Å². The second-order valence-electron chi connectivity index (χ2n) is 1.94. The number of anilines is 1. The van der Waals surface area contributed by atoms with E-state index in [1.807, 2.05) is 0 Å². The van der Waals surface area contributed by atoms with Crippen LogP contribution in [0.2, 0.25) is 0 Å². The number of hydrogen-bond donors (Lipinski definition) is 1. The normalized spacial score (nSPS) is 10.4. The molecule has 0 bridgehead atoms. The quantitative estimate of drug-likeness (QED) is 0.579. The van der Waals surface area contributed by atoms with Crippen LogP contribution in [-0.2, 0) is 0 Å². The Kier molecular flexibility index (Phi) is 0.887. The molecule has 10 heavy (non-hydrogen) atoms. The van der Waals surface area contributed by atoms with Gasteiger partial charge in [0.05, 0.1) is 5.56 Å². The average Bonchev–Trinajstić information content (AvgIpc) is 2.34. The number of nitrogens with two attached hydrogens (primary N) is 1. The maximum Gasteiger partial charge on any atom is 0.180 e.